The molecule has 0 amide bonds. The number of aromatic hydroxyl groups is 1. The molecule has 2 aromatic heterocycles. The van der Waals surface area contributed by atoms with Crippen molar-refractivity contribution < 1.29 is 29.2 Å². The SMILES string of the molecule is CC[C@@]1(O)C(=O)OCc2c1cc1n(c2=O)Cc2c-1nc1cc3c(cc1c2CCc1ccc(O)cc1)OCO3. The number of hydrogen-bond donors (Lipinski definition) is 2. The molecule has 5 heterocycles. The molecule has 0 spiro atoms. The monoisotopic (exact) mass is 512 g/mol. The molecule has 9 heteroatoms. The van der Waals surface area contributed by atoms with Gasteiger partial charge in [-0.2, -0.15) is 0 Å². The van der Waals surface area contributed by atoms with Crippen LogP contribution < -0.4 is 15.0 Å². The Balaban J connectivity index is 1.43. The first-order chi connectivity index (χ1) is 18.4. The van der Waals surface area contributed by atoms with Crippen molar-refractivity contribution in [3.63, 3.8) is 0 Å². The van der Waals surface area contributed by atoms with Crippen LogP contribution in [0.15, 0.2) is 47.3 Å². The maximum absolute atomic E-state index is 13.6. The fourth-order valence-corrected chi connectivity index (χ4v) is 5.77. The minimum atomic E-state index is -1.88. The number of phenolic OH excluding ortho intramolecular Hbond substituents is 1. The number of aliphatic hydroxyl groups is 1. The molecule has 0 fully saturated rings. The predicted molar refractivity (Wildman–Crippen MR) is 136 cm³/mol. The third kappa shape index (κ3) is 3.18. The van der Waals surface area contributed by atoms with Crippen molar-refractivity contribution in [1.82, 2.24) is 9.55 Å². The lowest BCUT2D eigenvalue weighted by Crippen LogP contribution is -2.44. The molecule has 4 aromatic rings. The summed E-state index contributed by atoms with van der Waals surface area (Å²) in [7, 11) is 0. The molecule has 1 atom stereocenters. The average Bonchev–Trinajstić information content (AvgIpc) is 3.53. The number of pyridine rings is 2. The van der Waals surface area contributed by atoms with Gasteiger partial charge >= 0.3 is 5.97 Å². The topological polar surface area (TPSA) is 120 Å². The number of ether oxygens (including phenoxy) is 3. The van der Waals surface area contributed by atoms with E-state index in [1.54, 1.807) is 29.7 Å². The summed E-state index contributed by atoms with van der Waals surface area (Å²) in [4.78, 5) is 31.1. The summed E-state index contributed by atoms with van der Waals surface area (Å²) in [6.07, 6.45) is 1.45. The Morgan fingerprint density at radius 1 is 1.00 bits per heavy atom. The van der Waals surface area contributed by atoms with Gasteiger partial charge in [-0.25, -0.2) is 9.78 Å². The zero-order valence-electron chi connectivity index (χ0n) is 20.6. The van der Waals surface area contributed by atoms with E-state index in [9.17, 15) is 19.8 Å². The number of esters is 1. The van der Waals surface area contributed by atoms with Gasteiger partial charge in [0.1, 0.15) is 12.4 Å². The highest BCUT2D eigenvalue weighted by Crippen LogP contribution is 2.43. The molecular weight excluding hydrogens is 488 g/mol. The van der Waals surface area contributed by atoms with E-state index < -0.39 is 11.6 Å². The summed E-state index contributed by atoms with van der Waals surface area (Å²) in [6, 6.07) is 12.6. The number of phenols is 1. The largest absolute Gasteiger partial charge is 0.508 e. The Morgan fingerprint density at radius 2 is 1.76 bits per heavy atom. The smallest absolute Gasteiger partial charge is 0.343 e. The standard InChI is InChI=1S/C29H24N2O7/c1-2-29(35)21-10-23-26-19(12-31(23)27(33)20(21)13-36-28(29)34)17(8-5-15-3-6-16(32)7-4-15)18-9-24-25(38-14-37-24)11-22(18)30-26/h3-4,6-7,9-11,32,35H,2,5,8,12-14H2,1H3/t29-/m0/s1. The Labute approximate surface area is 216 Å². The van der Waals surface area contributed by atoms with Crippen LogP contribution in [-0.4, -0.2) is 32.5 Å². The predicted octanol–water partition coefficient (Wildman–Crippen LogP) is 3.30. The normalized spacial score (nSPS) is 18.7. The first kappa shape index (κ1) is 22.8. The van der Waals surface area contributed by atoms with Gasteiger partial charge in [-0.05, 0) is 54.7 Å². The second kappa shape index (κ2) is 8.06. The van der Waals surface area contributed by atoms with Crippen LogP contribution in [0.1, 0.15) is 41.2 Å². The van der Waals surface area contributed by atoms with Crippen LogP contribution in [0.4, 0.5) is 0 Å². The van der Waals surface area contributed by atoms with Gasteiger partial charge in [0.15, 0.2) is 17.1 Å². The maximum atomic E-state index is 13.6. The van der Waals surface area contributed by atoms with Crippen molar-refractivity contribution >= 4 is 16.9 Å². The summed E-state index contributed by atoms with van der Waals surface area (Å²) in [5.74, 6) is 0.726. The highest BCUT2D eigenvalue weighted by molar-refractivity contribution is 5.91. The molecule has 0 aliphatic carbocycles. The zero-order valence-corrected chi connectivity index (χ0v) is 20.6. The van der Waals surface area contributed by atoms with Crippen LogP contribution in [0.5, 0.6) is 17.2 Å². The van der Waals surface area contributed by atoms with Crippen LogP contribution in [0.25, 0.3) is 22.3 Å². The first-order valence-electron chi connectivity index (χ1n) is 12.6. The number of hydrogen-bond acceptors (Lipinski definition) is 8. The molecular formula is C29H24N2O7. The number of rotatable bonds is 4. The van der Waals surface area contributed by atoms with Crippen LogP contribution >= 0.6 is 0 Å². The summed E-state index contributed by atoms with van der Waals surface area (Å²) < 4.78 is 18.1. The lowest BCUT2D eigenvalue weighted by Gasteiger charge is -2.31. The van der Waals surface area contributed by atoms with E-state index in [0.29, 0.717) is 58.9 Å². The molecule has 0 saturated carbocycles. The van der Waals surface area contributed by atoms with Crippen LogP contribution in [-0.2, 0) is 41.1 Å². The van der Waals surface area contributed by atoms with Gasteiger partial charge in [0, 0.05) is 22.6 Å². The van der Waals surface area contributed by atoms with Crippen molar-refractivity contribution in [3.8, 4) is 28.6 Å². The van der Waals surface area contributed by atoms with Crippen LogP contribution in [0.3, 0.4) is 0 Å². The first-order valence-corrected chi connectivity index (χ1v) is 12.6. The van der Waals surface area contributed by atoms with Crippen molar-refractivity contribution in [2.24, 2.45) is 0 Å². The summed E-state index contributed by atoms with van der Waals surface area (Å²) in [5, 5.41) is 21.8. The fourth-order valence-electron chi connectivity index (χ4n) is 5.77. The van der Waals surface area contributed by atoms with E-state index in [0.717, 1.165) is 22.1 Å². The van der Waals surface area contributed by atoms with Crippen LogP contribution in [0, 0.1) is 0 Å². The quantitative estimate of drug-likeness (QED) is 0.352. The van der Waals surface area contributed by atoms with Gasteiger partial charge in [-0.1, -0.05) is 19.1 Å². The molecule has 38 heavy (non-hydrogen) atoms. The molecule has 3 aliphatic heterocycles. The molecule has 2 N–H and O–H groups in total. The molecule has 192 valence electrons. The minimum Gasteiger partial charge on any atom is -0.508 e. The second-order valence-electron chi connectivity index (χ2n) is 9.91. The molecule has 0 unspecified atom stereocenters. The van der Waals surface area contributed by atoms with Gasteiger partial charge < -0.3 is 29.0 Å². The Bertz CT molecular complexity index is 1720. The van der Waals surface area contributed by atoms with E-state index >= 15 is 0 Å². The molecule has 2 aromatic carbocycles. The van der Waals surface area contributed by atoms with Gasteiger partial charge in [-0.3, -0.25) is 4.79 Å². The maximum Gasteiger partial charge on any atom is 0.343 e. The highest BCUT2D eigenvalue weighted by Gasteiger charge is 2.45. The van der Waals surface area contributed by atoms with Crippen molar-refractivity contribution in [3.05, 3.63) is 80.6 Å². The van der Waals surface area contributed by atoms with Crippen LogP contribution in [0.2, 0.25) is 0 Å². The number of cyclic esters (lactones) is 1. The van der Waals surface area contributed by atoms with Gasteiger partial charge in [0.25, 0.3) is 5.56 Å². The number of aromatic nitrogens is 2. The average molecular weight is 513 g/mol. The van der Waals surface area contributed by atoms with Gasteiger partial charge in [-0.15, -0.1) is 0 Å². The third-order valence-electron chi connectivity index (χ3n) is 7.90. The van der Waals surface area contributed by atoms with E-state index in [-0.39, 0.29) is 31.1 Å². The van der Waals surface area contributed by atoms with Crippen molar-refractivity contribution in [2.75, 3.05) is 6.79 Å². The number of carbonyl (C=O) groups is 1. The van der Waals surface area contributed by atoms with E-state index in [2.05, 4.69) is 0 Å². The number of carbonyl (C=O) groups excluding carboxylic acids is 1. The number of benzene rings is 2. The second-order valence-corrected chi connectivity index (χ2v) is 9.91. The number of aryl methyl sites for hydroxylation is 2. The summed E-state index contributed by atoms with van der Waals surface area (Å²) in [5.41, 5.74) is 3.35. The van der Waals surface area contributed by atoms with Gasteiger partial charge in [0.05, 0.1) is 29.0 Å². The molecule has 0 radical (unpaired) electrons. The van der Waals surface area contributed by atoms with E-state index in [4.69, 9.17) is 19.2 Å². The lowest BCUT2D eigenvalue weighted by atomic mass is 9.86. The van der Waals surface area contributed by atoms with E-state index in [1.807, 2.05) is 24.3 Å². The Kier molecular flexibility index (Phi) is 4.84. The fraction of sp³-hybridized carbons (Fsp3) is 0.276. The zero-order chi connectivity index (χ0) is 26.2. The third-order valence-corrected chi connectivity index (χ3v) is 7.90. The molecule has 0 bridgehead atoms. The van der Waals surface area contributed by atoms with Crippen molar-refractivity contribution in [1.29, 1.82) is 0 Å². The lowest BCUT2D eigenvalue weighted by molar-refractivity contribution is -0.172. The highest BCUT2D eigenvalue weighted by atomic mass is 16.7. The molecule has 3 aliphatic rings. The molecule has 0 saturated heterocycles. The minimum absolute atomic E-state index is 0.0844. The van der Waals surface area contributed by atoms with Crippen molar-refractivity contribution in [2.45, 2.75) is 44.9 Å². The summed E-state index contributed by atoms with van der Waals surface area (Å²) in [6.45, 7) is 1.98. The molecule has 9 nitrogen and oxygen atoms in total. The molecule has 7 rings (SSSR count). The number of fused-ring (bicyclic) bond motifs is 6. The summed E-state index contributed by atoms with van der Waals surface area (Å²) >= 11 is 0. The number of nitrogens with zero attached hydrogens (tertiary/aromatic N) is 2. The van der Waals surface area contributed by atoms with Gasteiger partial charge in [0.2, 0.25) is 6.79 Å². The van der Waals surface area contributed by atoms with E-state index in [1.165, 1.54) is 0 Å². The Hall–Kier alpha value is -4.37. The Morgan fingerprint density at radius 3 is 2.53 bits per heavy atom.